The van der Waals surface area contributed by atoms with Crippen LogP contribution < -0.4 is 5.73 Å². The summed E-state index contributed by atoms with van der Waals surface area (Å²) in [6, 6.07) is 0. The molecule has 0 saturated heterocycles. The number of hydrogen-bond donors (Lipinski definition) is 1. The van der Waals surface area contributed by atoms with Crippen molar-refractivity contribution in [1.82, 2.24) is 0 Å². The third-order valence-electron chi connectivity index (χ3n) is 1.14. The predicted molar refractivity (Wildman–Crippen MR) is 33.9 cm³/mol. The zero-order valence-corrected chi connectivity index (χ0v) is 5.11. The summed E-state index contributed by atoms with van der Waals surface area (Å²) in [4.78, 5) is 0. The highest BCUT2D eigenvalue weighted by atomic mass is 32.2. The largest absolute Gasteiger partial charge is 0.319 e. The van der Waals surface area contributed by atoms with E-state index in [1.807, 2.05) is 0 Å². The Balaban J connectivity index is 2.45. The summed E-state index contributed by atoms with van der Waals surface area (Å²) in [7, 11) is 0. The molecule has 1 aliphatic heterocycles. The summed E-state index contributed by atoms with van der Waals surface area (Å²) < 4.78 is 0. The Kier molecular flexibility index (Phi) is 1.40. The highest BCUT2D eigenvalue weighted by molar-refractivity contribution is 8.02. The van der Waals surface area contributed by atoms with Gasteiger partial charge in [-0.3, -0.25) is 0 Å². The lowest BCUT2D eigenvalue weighted by molar-refractivity contribution is 0.706. The lowest BCUT2D eigenvalue weighted by atomic mass is 10.2. The average molecular weight is 115 g/mol. The van der Waals surface area contributed by atoms with E-state index in [2.05, 4.69) is 18.4 Å². The summed E-state index contributed by atoms with van der Waals surface area (Å²) in [5, 5.41) is 2.38. The van der Waals surface area contributed by atoms with Gasteiger partial charge in [-0.15, -0.1) is 11.8 Å². The van der Waals surface area contributed by atoms with Crippen LogP contribution in [-0.4, -0.2) is 5.37 Å². The van der Waals surface area contributed by atoms with Crippen LogP contribution in [-0.2, 0) is 0 Å². The second-order valence-corrected chi connectivity index (χ2v) is 2.88. The third-order valence-corrected chi connectivity index (χ3v) is 2.19. The lowest BCUT2D eigenvalue weighted by Crippen LogP contribution is -2.18. The number of rotatable bonds is 0. The van der Waals surface area contributed by atoms with Gasteiger partial charge in [0.1, 0.15) is 0 Å². The number of thioether (sulfide) groups is 1. The van der Waals surface area contributed by atoms with Crippen molar-refractivity contribution >= 4 is 11.8 Å². The van der Waals surface area contributed by atoms with E-state index in [1.165, 1.54) is 0 Å². The Morgan fingerprint density at radius 2 is 2.43 bits per heavy atom. The van der Waals surface area contributed by atoms with Crippen molar-refractivity contribution in [1.29, 1.82) is 0 Å². The second kappa shape index (κ2) is 1.88. The zero-order chi connectivity index (χ0) is 5.28. The van der Waals surface area contributed by atoms with Crippen LogP contribution in [0.15, 0.2) is 11.5 Å². The smallest absolute Gasteiger partial charge is 0.0609 e. The van der Waals surface area contributed by atoms with Crippen LogP contribution in [0, 0.1) is 5.92 Å². The van der Waals surface area contributed by atoms with Gasteiger partial charge in [0.05, 0.1) is 5.37 Å². The van der Waals surface area contributed by atoms with Crippen LogP contribution in [0.3, 0.4) is 0 Å². The van der Waals surface area contributed by atoms with E-state index < -0.39 is 0 Å². The maximum Gasteiger partial charge on any atom is 0.0609 e. The first kappa shape index (κ1) is 5.19. The Morgan fingerprint density at radius 3 is 2.57 bits per heavy atom. The van der Waals surface area contributed by atoms with Crippen LogP contribution >= 0.6 is 11.8 Å². The number of hydrogen-bond acceptors (Lipinski definition) is 2. The summed E-state index contributed by atoms with van der Waals surface area (Å²) in [6.07, 6.45) is 2.13. The van der Waals surface area contributed by atoms with Gasteiger partial charge in [0.25, 0.3) is 0 Å². The molecule has 1 rings (SSSR count). The highest BCUT2D eigenvalue weighted by Crippen LogP contribution is 2.24. The molecular formula is C5H9NS. The first-order valence-electron chi connectivity index (χ1n) is 2.38. The van der Waals surface area contributed by atoms with Crippen LogP contribution in [0.2, 0.25) is 0 Å². The first-order valence-corrected chi connectivity index (χ1v) is 3.32. The minimum Gasteiger partial charge on any atom is -0.319 e. The molecule has 0 aliphatic carbocycles. The normalized spacial score (nSPS) is 39.7. The molecule has 2 heteroatoms. The molecule has 1 nitrogen and oxygen atoms in total. The molecule has 0 radical (unpaired) electrons. The van der Waals surface area contributed by atoms with Gasteiger partial charge in [-0.05, 0) is 11.3 Å². The minimum atomic E-state index is 0.319. The standard InChI is InChI=1S/C5H9NS/c1-4-2-3-7-5(4)6/h2-5H,6H2,1H3. The van der Waals surface area contributed by atoms with Gasteiger partial charge in [-0.1, -0.05) is 13.0 Å². The maximum absolute atomic E-state index is 5.58. The van der Waals surface area contributed by atoms with E-state index in [0.717, 1.165) is 0 Å². The summed E-state index contributed by atoms with van der Waals surface area (Å²) in [6.45, 7) is 2.13. The Morgan fingerprint density at radius 1 is 1.71 bits per heavy atom. The molecule has 2 N–H and O–H groups in total. The van der Waals surface area contributed by atoms with Gasteiger partial charge in [-0.2, -0.15) is 0 Å². The Bertz CT molecular complexity index is 90.1. The van der Waals surface area contributed by atoms with E-state index >= 15 is 0 Å². The Labute approximate surface area is 48.0 Å². The second-order valence-electron chi connectivity index (χ2n) is 1.79. The Hall–Kier alpha value is 0.0500. The molecular weight excluding hydrogens is 106 g/mol. The summed E-state index contributed by atoms with van der Waals surface area (Å²) >= 11 is 1.70. The molecule has 0 aromatic heterocycles. The number of nitrogens with two attached hydrogens (primary N) is 1. The van der Waals surface area contributed by atoms with Gasteiger partial charge in [0, 0.05) is 0 Å². The van der Waals surface area contributed by atoms with Crippen molar-refractivity contribution in [2.75, 3.05) is 0 Å². The van der Waals surface area contributed by atoms with Gasteiger partial charge in [0.15, 0.2) is 0 Å². The van der Waals surface area contributed by atoms with Crippen molar-refractivity contribution in [3.05, 3.63) is 11.5 Å². The van der Waals surface area contributed by atoms with Crippen molar-refractivity contribution in [3.63, 3.8) is 0 Å². The molecule has 0 bridgehead atoms. The molecule has 2 unspecified atom stereocenters. The fourth-order valence-electron chi connectivity index (χ4n) is 0.493. The zero-order valence-electron chi connectivity index (χ0n) is 4.29. The molecule has 0 spiro atoms. The molecule has 2 atom stereocenters. The fourth-order valence-corrected chi connectivity index (χ4v) is 1.35. The van der Waals surface area contributed by atoms with E-state index in [1.54, 1.807) is 11.8 Å². The molecule has 0 fully saturated rings. The molecule has 0 aromatic carbocycles. The van der Waals surface area contributed by atoms with Gasteiger partial charge in [0.2, 0.25) is 0 Å². The van der Waals surface area contributed by atoms with Crippen molar-refractivity contribution in [3.8, 4) is 0 Å². The molecule has 0 aromatic rings. The summed E-state index contributed by atoms with van der Waals surface area (Å²) in [5.41, 5.74) is 5.58. The SMILES string of the molecule is CC1C=CSC1N. The summed E-state index contributed by atoms with van der Waals surface area (Å²) in [5.74, 6) is 0.574. The van der Waals surface area contributed by atoms with Gasteiger partial charge < -0.3 is 5.73 Å². The third kappa shape index (κ3) is 0.983. The average Bonchev–Trinajstić information content (AvgIpc) is 1.91. The monoisotopic (exact) mass is 115 g/mol. The van der Waals surface area contributed by atoms with E-state index in [0.29, 0.717) is 11.3 Å². The van der Waals surface area contributed by atoms with Crippen molar-refractivity contribution < 1.29 is 0 Å². The van der Waals surface area contributed by atoms with Gasteiger partial charge in [-0.25, -0.2) is 0 Å². The van der Waals surface area contributed by atoms with Crippen LogP contribution in [0.4, 0.5) is 0 Å². The van der Waals surface area contributed by atoms with Crippen LogP contribution in [0.5, 0.6) is 0 Å². The molecule has 1 aliphatic rings. The molecule has 0 saturated carbocycles. The molecule has 40 valence electrons. The minimum absolute atomic E-state index is 0.319. The topological polar surface area (TPSA) is 26.0 Å². The molecule has 0 amide bonds. The van der Waals surface area contributed by atoms with Gasteiger partial charge >= 0.3 is 0 Å². The van der Waals surface area contributed by atoms with E-state index in [9.17, 15) is 0 Å². The van der Waals surface area contributed by atoms with Crippen molar-refractivity contribution in [2.24, 2.45) is 11.7 Å². The van der Waals surface area contributed by atoms with E-state index in [4.69, 9.17) is 5.73 Å². The lowest BCUT2D eigenvalue weighted by Gasteiger charge is -2.04. The highest BCUT2D eigenvalue weighted by Gasteiger charge is 2.12. The maximum atomic E-state index is 5.58. The molecule has 1 heterocycles. The first-order chi connectivity index (χ1) is 3.30. The van der Waals surface area contributed by atoms with Crippen LogP contribution in [0.25, 0.3) is 0 Å². The molecule has 7 heavy (non-hydrogen) atoms. The quantitative estimate of drug-likeness (QED) is 0.513. The predicted octanol–water partition coefficient (Wildman–Crippen LogP) is 1.17. The van der Waals surface area contributed by atoms with Crippen molar-refractivity contribution in [2.45, 2.75) is 12.3 Å². The van der Waals surface area contributed by atoms with E-state index in [-0.39, 0.29) is 0 Å². The van der Waals surface area contributed by atoms with Crippen LogP contribution in [0.1, 0.15) is 6.92 Å². The fraction of sp³-hybridized carbons (Fsp3) is 0.600.